The van der Waals surface area contributed by atoms with Gasteiger partial charge in [0, 0.05) is 25.5 Å². The summed E-state index contributed by atoms with van der Waals surface area (Å²) < 4.78 is 59.5. The molecule has 33 heavy (non-hydrogen) atoms. The number of rotatable bonds is 7. The van der Waals surface area contributed by atoms with E-state index in [1.165, 1.54) is 37.6 Å². The van der Waals surface area contributed by atoms with E-state index in [0.717, 1.165) is 18.2 Å². The van der Waals surface area contributed by atoms with Crippen LogP contribution in [0.15, 0.2) is 54.9 Å². The van der Waals surface area contributed by atoms with E-state index in [-0.39, 0.29) is 34.8 Å². The minimum atomic E-state index is -4.74. The Balaban J connectivity index is 1.84. The summed E-state index contributed by atoms with van der Waals surface area (Å²) in [5.74, 6) is -1.18. The number of carbonyl (C=O) groups excluding carboxylic acids is 2. The molecule has 0 spiro atoms. The Hall–Kier alpha value is -3.86. The van der Waals surface area contributed by atoms with Crippen molar-refractivity contribution >= 4 is 35.3 Å². The molecule has 0 bridgehead atoms. The van der Waals surface area contributed by atoms with Crippen molar-refractivity contribution < 1.29 is 31.9 Å². The molecule has 0 aliphatic heterocycles. The molecule has 0 atom stereocenters. The van der Waals surface area contributed by atoms with Crippen LogP contribution < -0.4 is 20.5 Å². The highest BCUT2D eigenvalue weighted by Crippen LogP contribution is 2.37. The molecule has 0 radical (unpaired) electrons. The fourth-order valence-electron chi connectivity index (χ4n) is 2.71. The van der Waals surface area contributed by atoms with E-state index in [0.29, 0.717) is 11.1 Å². The number of benzene rings is 2. The van der Waals surface area contributed by atoms with Crippen molar-refractivity contribution in [2.75, 3.05) is 17.5 Å². The standard InChI is InChI=1S/C21H15ClF4N4O3/c1-27-20(32)14-10-28-7-6-19(14)33-13-3-5-18(17(23)9-13)29-30(11-31)12-2-4-16(22)15(8-12)21(24,25)26/h2-11,29H,1H3,(H,27,32). The molecular formula is C21H15ClF4N4O3. The molecule has 7 nitrogen and oxygen atoms in total. The number of anilines is 2. The van der Waals surface area contributed by atoms with Crippen LogP contribution in [0.1, 0.15) is 15.9 Å². The molecular weight excluding hydrogens is 468 g/mol. The third kappa shape index (κ3) is 5.50. The first-order chi connectivity index (χ1) is 15.6. The van der Waals surface area contributed by atoms with Crippen molar-refractivity contribution in [2.24, 2.45) is 0 Å². The minimum Gasteiger partial charge on any atom is -0.456 e. The summed E-state index contributed by atoms with van der Waals surface area (Å²) in [5.41, 5.74) is 0.928. The summed E-state index contributed by atoms with van der Waals surface area (Å²) in [6, 6.07) is 7.74. The van der Waals surface area contributed by atoms with Crippen LogP contribution in [0, 0.1) is 5.82 Å². The van der Waals surface area contributed by atoms with Crippen molar-refractivity contribution in [3.8, 4) is 11.5 Å². The predicted molar refractivity (Wildman–Crippen MR) is 113 cm³/mol. The van der Waals surface area contributed by atoms with Crippen LogP contribution >= 0.6 is 11.6 Å². The summed E-state index contributed by atoms with van der Waals surface area (Å²) in [7, 11) is 1.43. The van der Waals surface area contributed by atoms with Crippen LogP contribution in [0.3, 0.4) is 0 Å². The lowest BCUT2D eigenvalue weighted by molar-refractivity contribution is -0.137. The van der Waals surface area contributed by atoms with Gasteiger partial charge in [0.15, 0.2) is 5.82 Å². The van der Waals surface area contributed by atoms with Crippen molar-refractivity contribution in [1.82, 2.24) is 10.3 Å². The molecule has 172 valence electrons. The summed E-state index contributed by atoms with van der Waals surface area (Å²) >= 11 is 5.59. The van der Waals surface area contributed by atoms with Gasteiger partial charge in [-0.2, -0.15) is 13.2 Å². The molecule has 12 heteroatoms. The van der Waals surface area contributed by atoms with Crippen molar-refractivity contribution in [1.29, 1.82) is 0 Å². The van der Waals surface area contributed by atoms with Gasteiger partial charge >= 0.3 is 6.18 Å². The van der Waals surface area contributed by atoms with Gasteiger partial charge in [0.05, 0.1) is 22.0 Å². The third-order valence-electron chi connectivity index (χ3n) is 4.30. The number of nitrogens with zero attached hydrogens (tertiary/aromatic N) is 2. The maximum absolute atomic E-state index is 14.6. The van der Waals surface area contributed by atoms with Gasteiger partial charge < -0.3 is 10.1 Å². The van der Waals surface area contributed by atoms with Gasteiger partial charge in [-0.25, -0.2) is 9.40 Å². The Bertz CT molecular complexity index is 1190. The maximum atomic E-state index is 14.6. The first-order valence-corrected chi connectivity index (χ1v) is 9.53. The fraction of sp³-hybridized carbons (Fsp3) is 0.0952. The number of halogens is 5. The molecule has 0 fully saturated rings. The SMILES string of the molecule is CNC(=O)c1cnccc1Oc1ccc(NN(C=O)c2ccc(Cl)c(C(F)(F)F)c2)c(F)c1. The van der Waals surface area contributed by atoms with E-state index in [1.54, 1.807) is 0 Å². The van der Waals surface area contributed by atoms with Crippen LogP contribution in [0.5, 0.6) is 11.5 Å². The monoisotopic (exact) mass is 482 g/mol. The Labute approximate surface area is 189 Å². The molecule has 2 aromatic carbocycles. The van der Waals surface area contributed by atoms with Crippen LogP contribution in [-0.4, -0.2) is 24.3 Å². The highest BCUT2D eigenvalue weighted by molar-refractivity contribution is 6.31. The number of hydrazine groups is 1. The van der Waals surface area contributed by atoms with Gasteiger partial charge in [0.1, 0.15) is 17.1 Å². The Kier molecular flexibility index (Phi) is 7.02. The molecule has 0 aliphatic rings. The normalized spacial score (nSPS) is 11.0. The van der Waals surface area contributed by atoms with E-state index < -0.39 is 28.5 Å². The Morgan fingerprint density at radius 3 is 2.58 bits per heavy atom. The van der Waals surface area contributed by atoms with E-state index in [2.05, 4.69) is 15.7 Å². The minimum absolute atomic E-state index is 0.0258. The first kappa shape index (κ1) is 23.8. The van der Waals surface area contributed by atoms with Gasteiger partial charge in [-0.15, -0.1) is 0 Å². The highest BCUT2D eigenvalue weighted by atomic mass is 35.5. The number of alkyl halides is 3. The molecule has 2 amide bonds. The van der Waals surface area contributed by atoms with Gasteiger partial charge in [-0.05, 0) is 36.4 Å². The number of amides is 2. The second kappa shape index (κ2) is 9.74. The smallest absolute Gasteiger partial charge is 0.417 e. The lowest BCUT2D eigenvalue weighted by atomic mass is 10.2. The molecule has 3 aromatic rings. The molecule has 3 rings (SSSR count). The lowest BCUT2D eigenvalue weighted by Gasteiger charge is -2.22. The van der Waals surface area contributed by atoms with Crippen LogP contribution in [0.2, 0.25) is 5.02 Å². The molecule has 0 saturated carbocycles. The van der Waals surface area contributed by atoms with E-state index >= 15 is 0 Å². The zero-order valence-corrected chi connectivity index (χ0v) is 17.5. The lowest BCUT2D eigenvalue weighted by Crippen LogP contribution is -2.29. The third-order valence-corrected chi connectivity index (χ3v) is 4.63. The van der Waals surface area contributed by atoms with E-state index in [9.17, 15) is 27.2 Å². The summed E-state index contributed by atoms with van der Waals surface area (Å²) in [5, 5.41) is 2.55. The average Bonchev–Trinajstić information content (AvgIpc) is 2.78. The van der Waals surface area contributed by atoms with Crippen molar-refractivity contribution in [3.63, 3.8) is 0 Å². The second-order valence-corrected chi connectivity index (χ2v) is 6.85. The highest BCUT2D eigenvalue weighted by Gasteiger charge is 2.33. The number of nitrogens with one attached hydrogen (secondary N) is 2. The van der Waals surface area contributed by atoms with Crippen LogP contribution in [-0.2, 0) is 11.0 Å². The van der Waals surface area contributed by atoms with Crippen LogP contribution in [0.4, 0.5) is 28.9 Å². The maximum Gasteiger partial charge on any atom is 0.417 e. The Morgan fingerprint density at radius 2 is 1.94 bits per heavy atom. The average molecular weight is 483 g/mol. The van der Waals surface area contributed by atoms with Gasteiger partial charge in [-0.3, -0.25) is 20.0 Å². The van der Waals surface area contributed by atoms with Gasteiger partial charge in [-0.1, -0.05) is 11.6 Å². The molecule has 2 N–H and O–H groups in total. The largest absolute Gasteiger partial charge is 0.456 e. The fourth-order valence-corrected chi connectivity index (χ4v) is 2.94. The van der Waals surface area contributed by atoms with Crippen molar-refractivity contribution in [2.45, 2.75) is 6.18 Å². The van der Waals surface area contributed by atoms with Gasteiger partial charge in [0.2, 0.25) is 6.41 Å². The molecule has 1 heterocycles. The molecule has 1 aromatic heterocycles. The molecule has 0 saturated heterocycles. The quantitative estimate of drug-likeness (QED) is 0.280. The number of aromatic nitrogens is 1. The summed E-state index contributed by atoms with van der Waals surface area (Å²) in [6.07, 6.45) is -1.90. The molecule has 0 unspecified atom stereocenters. The first-order valence-electron chi connectivity index (χ1n) is 9.15. The van der Waals surface area contributed by atoms with Crippen molar-refractivity contribution in [3.05, 3.63) is 76.8 Å². The second-order valence-electron chi connectivity index (χ2n) is 6.44. The number of carbonyl (C=O) groups is 2. The van der Waals surface area contributed by atoms with Gasteiger partial charge in [0.25, 0.3) is 5.91 Å². The Morgan fingerprint density at radius 1 is 1.18 bits per heavy atom. The zero-order valence-electron chi connectivity index (χ0n) is 16.8. The number of hydrogen-bond donors (Lipinski definition) is 2. The number of pyridine rings is 1. The van der Waals surface area contributed by atoms with E-state index in [4.69, 9.17) is 16.3 Å². The zero-order chi connectivity index (χ0) is 24.2. The molecule has 0 aliphatic carbocycles. The van der Waals surface area contributed by atoms with E-state index in [1.807, 2.05) is 0 Å². The van der Waals surface area contributed by atoms with Crippen LogP contribution in [0.25, 0.3) is 0 Å². The number of hydrogen-bond acceptors (Lipinski definition) is 5. The number of ether oxygens (including phenoxy) is 1. The topological polar surface area (TPSA) is 83.6 Å². The predicted octanol–water partition coefficient (Wildman–Crippen LogP) is 5.03. The summed E-state index contributed by atoms with van der Waals surface area (Å²) in [6.45, 7) is 0. The summed E-state index contributed by atoms with van der Waals surface area (Å²) in [4.78, 5) is 27.2.